The largest absolute Gasteiger partial charge is 0.462 e. The topological polar surface area (TPSA) is 32.8 Å². The van der Waals surface area contributed by atoms with E-state index in [1.54, 1.807) is 0 Å². The maximum atomic E-state index is 12.8. The summed E-state index contributed by atoms with van der Waals surface area (Å²) >= 11 is 6.16. The number of esters is 1. The van der Waals surface area contributed by atoms with Gasteiger partial charge in [-0.15, -0.1) is 0 Å². The third kappa shape index (κ3) is 3.67. The fraction of sp³-hybridized carbons (Fsp3) is 0.640. The molecule has 0 aromatic heterocycles. The SMILES string of the molecule is C=C1CCC[C@@]2(C)C[C@H]3OC(=O)[C@@H](CN4CCN(c5cccc(Cl)c5)CC4)[C@@H]3C[C@@H]12. The van der Waals surface area contributed by atoms with Crippen LogP contribution in [0.15, 0.2) is 36.4 Å². The number of anilines is 1. The molecule has 4 aliphatic rings. The van der Waals surface area contributed by atoms with Gasteiger partial charge in [-0.25, -0.2) is 0 Å². The molecule has 0 radical (unpaired) electrons. The van der Waals surface area contributed by atoms with Gasteiger partial charge in [-0.3, -0.25) is 9.69 Å². The molecule has 4 nitrogen and oxygen atoms in total. The van der Waals surface area contributed by atoms with E-state index in [1.165, 1.54) is 24.1 Å². The van der Waals surface area contributed by atoms with Crippen LogP contribution in [0, 0.1) is 23.2 Å². The van der Waals surface area contributed by atoms with E-state index >= 15 is 0 Å². The molecule has 2 saturated heterocycles. The van der Waals surface area contributed by atoms with Crippen molar-refractivity contribution in [2.24, 2.45) is 23.2 Å². The summed E-state index contributed by atoms with van der Waals surface area (Å²) in [7, 11) is 0. The second kappa shape index (κ2) is 7.87. The number of halogens is 1. The van der Waals surface area contributed by atoms with Crippen LogP contribution in [0.5, 0.6) is 0 Å². The molecule has 0 amide bonds. The zero-order chi connectivity index (χ0) is 20.9. The first-order valence-corrected chi connectivity index (χ1v) is 11.9. The molecule has 1 aromatic rings. The van der Waals surface area contributed by atoms with Gasteiger partial charge in [0.05, 0.1) is 5.92 Å². The monoisotopic (exact) mass is 428 g/mol. The van der Waals surface area contributed by atoms with E-state index in [4.69, 9.17) is 16.3 Å². The van der Waals surface area contributed by atoms with Gasteiger partial charge in [0.1, 0.15) is 6.10 Å². The average molecular weight is 429 g/mol. The van der Waals surface area contributed by atoms with E-state index < -0.39 is 0 Å². The molecule has 1 aromatic carbocycles. The molecule has 162 valence electrons. The molecule has 5 heteroatoms. The van der Waals surface area contributed by atoms with Gasteiger partial charge >= 0.3 is 5.97 Å². The van der Waals surface area contributed by atoms with Crippen LogP contribution >= 0.6 is 11.6 Å². The minimum Gasteiger partial charge on any atom is -0.462 e. The lowest BCUT2D eigenvalue weighted by molar-refractivity contribution is -0.146. The third-order valence-corrected chi connectivity index (χ3v) is 8.56. The summed E-state index contributed by atoms with van der Waals surface area (Å²) in [6.45, 7) is 11.5. The molecule has 0 spiro atoms. The maximum absolute atomic E-state index is 12.8. The van der Waals surface area contributed by atoms with Crippen molar-refractivity contribution in [3.8, 4) is 0 Å². The van der Waals surface area contributed by atoms with Gasteiger partial charge in [-0.2, -0.15) is 0 Å². The molecular formula is C25H33ClN2O2. The lowest BCUT2D eigenvalue weighted by atomic mass is 9.55. The molecule has 0 bridgehead atoms. The number of allylic oxidation sites excluding steroid dienone is 1. The van der Waals surface area contributed by atoms with Crippen molar-refractivity contribution in [3.05, 3.63) is 41.4 Å². The van der Waals surface area contributed by atoms with E-state index in [0.717, 1.165) is 57.0 Å². The number of carbonyl (C=O) groups is 1. The Morgan fingerprint density at radius 2 is 2.07 bits per heavy atom. The van der Waals surface area contributed by atoms with Gasteiger partial charge < -0.3 is 9.64 Å². The average Bonchev–Trinajstić information content (AvgIpc) is 3.01. The van der Waals surface area contributed by atoms with Crippen LogP contribution in [0.3, 0.4) is 0 Å². The highest BCUT2D eigenvalue weighted by molar-refractivity contribution is 6.30. The highest BCUT2D eigenvalue weighted by Crippen LogP contribution is 2.56. The highest BCUT2D eigenvalue weighted by atomic mass is 35.5. The van der Waals surface area contributed by atoms with Gasteiger partial charge in [0, 0.05) is 49.4 Å². The molecule has 2 heterocycles. The zero-order valence-corrected chi connectivity index (χ0v) is 18.7. The Bertz CT molecular complexity index is 834. The van der Waals surface area contributed by atoms with Crippen molar-refractivity contribution in [2.45, 2.75) is 45.1 Å². The van der Waals surface area contributed by atoms with Crippen LogP contribution in [0.1, 0.15) is 39.0 Å². The number of hydrogen-bond acceptors (Lipinski definition) is 4. The maximum Gasteiger partial charge on any atom is 0.310 e. The van der Waals surface area contributed by atoms with Gasteiger partial charge in [0.15, 0.2) is 0 Å². The first-order valence-electron chi connectivity index (χ1n) is 11.5. The molecule has 0 unspecified atom stereocenters. The summed E-state index contributed by atoms with van der Waals surface area (Å²) in [6.07, 6.45) is 5.85. The quantitative estimate of drug-likeness (QED) is 0.512. The summed E-state index contributed by atoms with van der Waals surface area (Å²) in [6, 6.07) is 8.08. The summed E-state index contributed by atoms with van der Waals surface area (Å²) in [5.41, 5.74) is 2.87. The number of hydrogen-bond donors (Lipinski definition) is 0. The summed E-state index contributed by atoms with van der Waals surface area (Å²) in [4.78, 5) is 17.7. The van der Waals surface area contributed by atoms with Crippen LogP contribution in [-0.4, -0.2) is 49.7 Å². The second-order valence-corrected chi connectivity index (χ2v) is 10.6. The van der Waals surface area contributed by atoms with Crippen molar-refractivity contribution in [3.63, 3.8) is 0 Å². The number of piperazine rings is 1. The van der Waals surface area contributed by atoms with Crippen LogP contribution in [-0.2, 0) is 9.53 Å². The minimum atomic E-state index is 0.0204. The normalized spacial score (nSPS) is 36.9. The van der Waals surface area contributed by atoms with E-state index in [1.807, 2.05) is 18.2 Å². The Labute approximate surface area is 185 Å². The number of carbonyl (C=O) groups excluding carboxylic acids is 1. The molecule has 4 fully saturated rings. The molecule has 2 saturated carbocycles. The Morgan fingerprint density at radius 1 is 1.27 bits per heavy atom. The first-order chi connectivity index (χ1) is 14.4. The standard InChI is InChI=1S/C25H33ClN2O2/c1-17-5-4-8-25(2)15-23-20(14-22(17)25)21(24(29)30-23)16-27-9-11-28(12-10-27)19-7-3-6-18(26)13-19/h3,6-7,13,20-23H,1,4-5,8-12,14-16H2,2H3/t20-,21-,22-,23+,25-/m0/s1. The Morgan fingerprint density at radius 3 is 2.83 bits per heavy atom. The number of ether oxygens (including phenoxy) is 1. The Hall–Kier alpha value is -1.52. The van der Waals surface area contributed by atoms with E-state index in [9.17, 15) is 4.79 Å². The summed E-state index contributed by atoms with van der Waals surface area (Å²) in [5, 5.41) is 0.781. The first kappa shape index (κ1) is 20.4. The zero-order valence-electron chi connectivity index (χ0n) is 18.0. The van der Waals surface area contributed by atoms with E-state index in [0.29, 0.717) is 11.8 Å². The predicted molar refractivity (Wildman–Crippen MR) is 121 cm³/mol. The number of fused-ring (bicyclic) bond motifs is 2. The number of nitrogens with zero attached hydrogens (tertiary/aromatic N) is 2. The smallest absolute Gasteiger partial charge is 0.310 e. The number of rotatable bonds is 3. The fourth-order valence-electron chi connectivity index (χ4n) is 6.60. The number of benzene rings is 1. The molecule has 5 atom stereocenters. The van der Waals surface area contributed by atoms with Crippen molar-refractivity contribution in [2.75, 3.05) is 37.6 Å². The van der Waals surface area contributed by atoms with Gasteiger partial charge in [0.25, 0.3) is 0 Å². The second-order valence-electron chi connectivity index (χ2n) is 10.2. The van der Waals surface area contributed by atoms with Crippen molar-refractivity contribution < 1.29 is 9.53 Å². The third-order valence-electron chi connectivity index (χ3n) is 8.32. The molecular weight excluding hydrogens is 396 g/mol. The molecule has 2 aliphatic heterocycles. The van der Waals surface area contributed by atoms with Gasteiger partial charge in [-0.1, -0.05) is 36.7 Å². The van der Waals surface area contributed by atoms with E-state index in [2.05, 4.69) is 29.4 Å². The minimum absolute atomic E-state index is 0.0204. The fourth-order valence-corrected chi connectivity index (χ4v) is 6.79. The van der Waals surface area contributed by atoms with Crippen molar-refractivity contribution in [1.82, 2.24) is 4.90 Å². The van der Waals surface area contributed by atoms with Crippen molar-refractivity contribution in [1.29, 1.82) is 0 Å². The van der Waals surface area contributed by atoms with Crippen LogP contribution in [0.4, 0.5) is 5.69 Å². The lowest BCUT2D eigenvalue weighted by Gasteiger charge is -2.50. The van der Waals surface area contributed by atoms with Gasteiger partial charge in [-0.05, 0) is 61.6 Å². The van der Waals surface area contributed by atoms with Crippen LogP contribution < -0.4 is 4.90 Å². The molecule has 2 aliphatic carbocycles. The van der Waals surface area contributed by atoms with Crippen molar-refractivity contribution >= 4 is 23.3 Å². The van der Waals surface area contributed by atoms with Gasteiger partial charge in [0.2, 0.25) is 0 Å². The Kier molecular flexibility index (Phi) is 5.35. The predicted octanol–water partition coefficient (Wildman–Crippen LogP) is 4.78. The molecule has 30 heavy (non-hydrogen) atoms. The van der Waals surface area contributed by atoms with E-state index in [-0.39, 0.29) is 23.4 Å². The summed E-state index contributed by atoms with van der Waals surface area (Å²) < 4.78 is 5.95. The lowest BCUT2D eigenvalue weighted by Crippen LogP contribution is -2.50. The molecule has 5 rings (SSSR count). The molecule has 0 N–H and O–H groups in total. The Balaban J connectivity index is 1.23. The van der Waals surface area contributed by atoms with Crippen LogP contribution in [0.25, 0.3) is 0 Å². The highest BCUT2D eigenvalue weighted by Gasteiger charge is 2.55. The van der Waals surface area contributed by atoms with Crippen LogP contribution in [0.2, 0.25) is 5.02 Å². The summed E-state index contributed by atoms with van der Waals surface area (Å²) in [5.74, 6) is 0.975.